The second kappa shape index (κ2) is 5.19. The molecule has 1 amide bonds. The summed E-state index contributed by atoms with van der Waals surface area (Å²) in [5.74, 6) is 3.09. The third kappa shape index (κ3) is 2.34. The fourth-order valence-corrected chi connectivity index (χ4v) is 4.59. The second-order valence-electron chi connectivity index (χ2n) is 5.56. The first-order valence-corrected chi connectivity index (χ1v) is 8.13. The van der Waals surface area contributed by atoms with Crippen molar-refractivity contribution in [2.75, 3.05) is 18.2 Å². The fraction of sp³-hybridized carbons (Fsp3) is 0.923. The van der Waals surface area contributed by atoms with Gasteiger partial charge in [0, 0.05) is 24.2 Å². The largest absolute Gasteiger partial charge is 0.338 e. The molecular formula is C13H22N2OS. The number of thioether (sulfide) groups is 1. The van der Waals surface area contributed by atoms with Gasteiger partial charge in [-0.15, -0.1) is 11.8 Å². The molecule has 2 heterocycles. The summed E-state index contributed by atoms with van der Waals surface area (Å²) in [6, 6.07) is 0.665. The molecule has 3 nitrogen and oxygen atoms in total. The van der Waals surface area contributed by atoms with Crippen molar-refractivity contribution >= 4 is 17.7 Å². The molecule has 0 aromatic carbocycles. The van der Waals surface area contributed by atoms with Gasteiger partial charge in [-0.1, -0.05) is 12.8 Å². The maximum absolute atomic E-state index is 12.5. The smallest absolute Gasteiger partial charge is 0.240 e. The number of hydrogen-bond donors (Lipinski definition) is 1. The van der Waals surface area contributed by atoms with Crippen molar-refractivity contribution in [3.05, 3.63) is 0 Å². The van der Waals surface area contributed by atoms with Gasteiger partial charge in [0.25, 0.3) is 0 Å². The average Bonchev–Trinajstić information content (AvgIpc) is 2.91. The maximum atomic E-state index is 12.5. The van der Waals surface area contributed by atoms with Crippen LogP contribution in [0.5, 0.6) is 0 Å². The number of nitrogens with zero attached hydrogens (tertiary/aromatic N) is 1. The Hall–Kier alpha value is -0.220. The lowest BCUT2D eigenvalue weighted by Crippen LogP contribution is -2.54. The van der Waals surface area contributed by atoms with Gasteiger partial charge in [-0.2, -0.15) is 0 Å². The molecule has 3 aliphatic rings. The standard InChI is InChI=1S/C13H22N2OS/c16-13(11-8-17-9-14-11)15-7-3-5-10-4-1-2-6-12(10)15/h10-12,14H,1-9H2/t10-,11?,12-/m1/s1. The van der Waals surface area contributed by atoms with Gasteiger partial charge in [0.2, 0.25) is 5.91 Å². The number of rotatable bonds is 1. The first kappa shape index (κ1) is 11.8. The lowest BCUT2D eigenvalue weighted by atomic mass is 9.78. The van der Waals surface area contributed by atoms with Crippen LogP contribution in [0.2, 0.25) is 0 Å². The van der Waals surface area contributed by atoms with Crippen LogP contribution in [0.3, 0.4) is 0 Å². The van der Waals surface area contributed by atoms with Crippen molar-refractivity contribution in [3.63, 3.8) is 0 Å². The van der Waals surface area contributed by atoms with Crippen molar-refractivity contribution in [2.45, 2.75) is 50.6 Å². The van der Waals surface area contributed by atoms with E-state index in [4.69, 9.17) is 0 Å². The van der Waals surface area contributed by atoms with Crippen LogP contribution in [0.25, 0.3) is 0 Å². The SMILES string of the molecule is O=C(C1CSCN1)N1CCC[C@H]2CCCC[C@H]21. The Morgan fingerprint density at radius 2 is 2.00 bits per heavy atom. The molecule has 0 aromatic rings. The van der Waals surface area contributed by atoms with Crippen molar-refractivity contribution in [2.24, 2.45) is 5.92 Å². The molecule has 17 heavy (non-hydrogen) atoms. The van der Waals surface area contributed by atoms with Gasteiger partial charge in [-0.3, -0.25) is 10.1 Å². The summed E-state index contributed by atoms with van der Waals surface area (Å²) in [6.07, 6.45) is 7.85. The Kier molecular flexibility index (Phi) is 3.61. The molecule has 3 atom stereocenters. The molecule has 0 spiro atoms. The summed E-state index contributed by atoms with van der Waals surface area (Å²) in [5.41, 5.74) is 0. The van der Waals surface area contributed by atoms with E-state index in [0.29, 0.717) is 11.9 Å². The van der Waals surface area contributed by atoms with E-state index < -0.39 is 0 Å². The van der Waals surface area contributed by atoms with Crippen LogP contribution in [-0.4, -0.2) is 41.1 Å². The maximum Gasteiger partial charge on any atom is 0.240 e. The van der Waals surface area contributed by atoms with Gasteiger partial charge in [0.15, 0.2) is 0 Å². The minimum atomic E-state index is 0.0978. The van der Waals surface area contributed by atoms with Crippen LogP contribution in [-0.2, 0) is 4.79 Å². The highest BCUT2D eigenvalue weighted by Crippen LogP contribution is 2.35. The van der Waals surface area contributed by atoms with E-state index in [-0.39, 0.29) is 6.04 Å². The zero-order valence-electron chi connectivity index (χ0n) is 10.4. The van der Waals surface area contributed by atoms with Gasteiger partial charge >= 0.3 is 0 Å². The second-order valence-corrected chi connectivity index (χ2v) is 6.59. The molecule has 96 valence electrons. The summed E-state index contributed by atoms with van der Waals surface area (Å²) in [7, 11) is 0. The molecular weight excluding hydrogens is 232 g/mol. The molecule has 3 rings (SSSR count). The summed E-state index contributed by atoms with van der Waals surface area (Å²) >= 11 is 1.85. The van der Waals surface area contributed by atoms with Gasteiger partial charge in [-0.25, -0.2) is 0 Å². The predicted molar refractivity (Wildman–Crippen MR) is 70.9 cm³/mol. The number of fused-ring (bicyclic) bond motifs is 1. The first-order valence-electron chi connectivity index (χ1n) is 6.98. The average molecular weight is 254 g/mol. The monoisotopic (exact) mass is 254 g/mol. The van der Waals surface area contributed by atoms with E-state index in [1.807, 2.05) is 11.8 Å². The van der Waals surface area contributed by atoms with Crippen molar-refractivity contribution in [1.82, 2.24) is 10.2 Å². The Balaban J connectivity index is 1.69. The van der Waals surface area contributed by atoms with Gasteiger partial charge in [-0.05, 0) is 31.6 Å². The number of carbonyl (C=O) groups is 1. The van der Waals surface area contributed by atoms with Crippen LogP contribution in [0.4, 0.5) is 0 Å². The summed E-state index contributed by atoms with van der Waals surface area (Å²) in [4.78, 5) is 14.7. The summed E-state index contributed by atoms with van der Waals surface area (Å²) in [6.45, 7) is 1.00. The number of piperidine rings is 1. The Morgan fingerprint density at radius 1 is 1.18 bits per heavy atom. The van der Waals surface area contributed by atoms with Gasteiger partial charge in [0.1, 0.15) is 0 Å². The highest BCUT2D eigenvalue weighted by molar-refractivity contribution is 7.99. The zero-order valence-corrected chi connectivity index (χ0v) is 11.2. The van der Waals surface area contributed by atoms with Crippen LogP contribution in [0.1, 0.15) is 38.5 Å². The molecule has 0 bridgehead atoms. The van der Waals surface area contributed by atoms with Crippen molar-refractivity contribution in [3.8, 4) is 0 Å². The van der Waals surface area contributed by atoms with E-state index in [0.717, 1.165) is 24.1 Å². The third-order valence-electron chi connectivity index (χ3n) is 4.54. The van der Waals surface area contributed by atoms with E-state index in [9.17, 15) is 4.79 Å². The van der Waals surface area contributed by atoms with E-state index in [1.165, 1.54) is 38.5 Å². The summed E-state index contributed by atoms with van der Waals surface area (Å²) < 4.78 is 0. The van der Waals surface area contributed by atoms with Crippen LogP contribution < -0.4 is 5.32 Å². The molecule has 2 aliphatic heterocycles. The van der Waals surface area contributed by atoms with E-state index >= 15 is 0 Å². The Morgan fingerprint density at radius 3 is 2.82 bits per heavy atom. The first-order chi connectivity index (χ1) is 8.36. The zero-order chi connectivity index (χ0) is 11.7. The molecule has 0 aromatic heterocycles. The van der Waals surface area contributed by atoms with Crippen LogP contribution in [0, 0.1) is 5.92 Å². The fourth-order valence-electron chi connectivity index (χ4n) is 3.65. The number of hydrogen-bond acceptors (Lipinski definition) is 3. The predicted octanol–water partition coefficient (Wildman–Crippen LogP) is 1.83. The summed E-state index contributed by atoms with van der Waals surface area (Å²) in [5, 5.41) is 3.32. The molecule has 1 saturated carbocycles. The number of carbonyl (C=O) groups excluding carboxylic acids is 1. The van der Waals surface area contributed by atoms with Crippen LogP contribution >= 0.6 is 11.8 Å². The van der Waals surface area contributed by atoms with Crippen molar-refractivity contribution < 1.29 is 4.79 Å². The quantitative estimate of drug-likeness (QED) is 0.775. The lowest BCUT2D eigenvalue weighted by Gasteiger charge is -2.45. The highest BCUT2D eigenvalue weighted by atomic mass is 32.2. The highest BCUT2D eigenvalue weighted by Gasteiger charge is 2.38. The Labute approximate surface area is 108 Å². The minimum absolute atomic E-state index is 0.0978. The molecule has 3 fully saturated rings. The molecule has 1 N–H and O–H groups in total. The molecule has 4 heteroatoms. The third-order valence-corrected chi connectivity index (χ3v) is 5.48. The van der Waals surface area contributed by atoms with E-state index in [1.54, 1.807) is 0 Å². The number of likely N-dealkylation sites (tertiary alicyclic amines) is 1. The number of amides is 1. The number of nitrogens with one attached hydrogen (secondary N) is 1. The normalized spacial score (nSPS) is 37.9. The van der Waals surface area contributed by atoms with Gasteiger partial charge < -0.3 is 4.90 Å². The lowest BCUT2D eigenvalue weighted by molar-refractivity contribution is -0.139. The molecule has 1 unspecified atom stereocenters. The minimum Gasteiger partial charge on any atom is -0.338 e. The molecule has 1 aliphatic carbocycles. The van der Waals surface area contributed by atoms with E-state index in [2.05, 4.69) is 10.2 Å². The molecule has 2 saturated heterocycles. The van der Waals surface area contributed by atoms with Gasteiger partial charge in [0.05, 0.1) is 6.04 Å². The van der Waals surface area contributed by atoms with Crippen molar-refractivity contribution in [1.29, 1.82) is 0 Å². The molecule has 0 radical (unpaired) electrons. The van der Waals surface area contributed by atoms with Crippen LogP contribution in [0.15, 0.2) is 0 Å². The Bertz CT molecular complexity index is 289. The topological polar surface area (TPSA) is 32.3 Å².